The molecule has 0 saturated carbocycles. The van der Waals surface area contributed by atoms with Crippen LogP contribution < -0.4 is 4.74 Å². The fraction of sp³-hybridized carbons (Fsp3) is 0.357. The molecule has 0 saturated heterocycles. The molecule has 1 unspecified atom stereocenters. The average molecular weight is 246 g/mol. The monoisotopic (exact) mass is 246 g/mol. The van der Waals surface area contributed by atoms with Gasteiger partial charge in [0.1, 0.15) is 17.7 Å². The number of aryl methyl sites for hydroxylation is 2. The number of benzene rings is 1. The third-order valence-electron chi connectivity index (χ3n) is 3.02. The van der Waals surface area contributed by atoms with Crippen LogP contribution in [0.25, 0.3) is 0 Å². The molecular weight excluding hydrogens is 228 g/mol. The Morgan fingerprint density at radius 3 is 2.89 bits per heavy atom. The molecule has 0 bridgehead atoms. The van der Waals surface area contributed by atoms with Crippen LogP contribution in [-0.4, -0.2) is 21.8 Å². The molecular formula is C14H18N2O2. The van der Waals surface area contributed by atoms with Crippen LogP contribution in [0.15, 0.2) is 30.6 Å². The molecule has 0 spiro atoms. The van der Waals surface area contributed by atoms with E-state index in [4.69, 9.17) is 4.74 Å². The van der Waals surface area contributed by atoms with E-state index in [1.807, 2.05) is 42.8 Å². The second kappa shape index (κ2) is 5.23. The molecule has 4 nitrogen and oxygen atoms in total. The van der Waals surface area contributed by atoms with Gasteiger partial charge in [0.05, 0.1) is 7.11 Å². The van der Waals surface area contributed by atoms with E-state index in [-0.39, 0.29) is 0 Å². The van der Waals surface area contributed by atoms with Gasteiger partial charge in [0.25, 0.3) is 0 Å². The summed E-state index contributed by atoms with van der Waals surface area (Å²) in [6.07, 6.45) is 2.79. The lowest BCUT2D eigenvalue weighted by molar-refractivity contribution is 0.200. The van der Waals surface area contributed by atoms with Gasteiger partial charge in [0, 0.05) is 24.5 Å². The summed E-state index contributed by atoms with van der Waals surface area (Å²) in [4.78, 5) is 4.22. The maximum atomic E-state index is 10.4. The second-order valence-corrected chi connectivity index (χ2v) is 4.22. The molecule has 2 rings (SSSR count). The first kappa shape index (κ1) is 12.6. The van der Waals surface area contributed by atoms with Crippen molar-refractivity contribution in [3.8, 4) is 5.75 Å². The van der Waals surface area contributed by atoms with Gasteiger partial charge in [-0.05, 0) is 25.5 Å². The molecule has 0 fully saturated rings. The summed E-state index contributed by atoms with van der Waals surface area (Å²) < 4.78 is 7.24. The maximum Gasteiger partial charge on any atom is 0.142 e. The van der Waals surface area contributed by atoms with Crippen LogP contribution in [0, 0.1) is 6.92 Å². The van der Waals surface area contributed by atoms with E-state index in [1.165, 1.54) is 0 Å². The number of hydrogen-bond acceptors (Lipinski definition) is 3. The number of aliphatic hydroxyl groups excluding tert-OH is 1. The van der Waals surface area contributed by atoms with Crippen molar-refractivity contribution in [2.24, 2.45) is 0 Å². The van der Waals surface area contributed by atoms with Gasteiger partial charge in [-0.25, -0.2) is 4.98 Å². The van der Waals surface area contributed by atoms with E-state index in [9.17, 15) is 5.11 Å². The summed E-state index contributed by atoms with van der Waals surface area (Å²) in [7, 11) is 1.61. The van der Waals surface area contributed by atoms with E-state index in [1.54, 1.807) is 13.3 Å². The Morgan fingerprint density at radius 1 is 1.44 bits per heavy atom. The third-order valence-corrected chi connectivity index (χ3v) is 3.02. The Morgan fingerprint density at radius 2 is 2.22 bits per heavy atom. The van der Waals surface area contributed by atoms with Gasteiger partial charge in [-0.2, -0.15) is 0 Å². The maximum absolute atomic E-state index is 10.4. The van der Waals surface area contributed by atoms with Crippen LogP contribution in [0.3, 0.4) is 0 Å². The Balaban J connectivity index is 2.42. The van der Waals surface area contributed by atoms with Crippen molar-refractivity contribution in [1.82, 2.24) is 9.55 Å². The van der Waals surface area contributed by atoms with Gasteiger partial charge >= 0.3 is 0 Å². The van der Waals surface area contributed by atoms with Gasteiger partial charge in [0.2, 0.25) is 0 Å². The zero-order valence-corrected chi connectivity index (χ0v) is 10.9. The first-order valence-electron chi connectivity index (χ1n) is 6.01. The Bertz CT molecular complexity index is 534. The van der Waals surface area contributed by atoms with Gasteiger partial charge < -0.3 is 14.4 Å². The highest BCUT2D eigenvalue weighted by atomic mass is 16.5. The van der Waals surface area contributed by atoms with Crippen molar-refractivity contribution in [2.75, 3.05) is 7.11 Å². The first-order chi connectivity index (χ1) is 8.67. The van der Waals surface area contributed by atoms with Crippen LogP contribution in [0.2, 0.25) is 0 Å². The zero-order valence-electron chi connectivity index (χ0n) is 10.9. The Kier molecular flexibility index (Phi) is 3.67. The van der Waals surface area contributed by atoms with Gasteiger partial charge in [0.15, 0.2) is 0 Å². The molecule has 1 aromatic heterocycles. The number of hydrogen-bond donors (Lipinski definition) is 1. The van der Waals surface area contributed by atoms with Gasteiger partial charge in [-0.1, -0.05) is 12.1 Å². The lowest BCUT2D eigenvalue weighted by atomic mass is 10.1. The fourth-order valence-electron chi connectivity index (χ4n) is 2.02. The van der Waals surface area contributed by atoms with Gasteiger partial charge in [-0.3, -0.25) is 0 Å². The van der Waals surface area contributed by atoms with Crippen molar-refractivity contribution in [2.45, 2.75) is 26.5 Å². The van der Waals surface area contributed by atoms with Crippen molar-refractivity contribution in [3.05, 3.63) is 47.5 Å². The first-order valence-corrected chi connectivity index (χ1v) is 6.01. The second-order valence-electron chi connectivity index (χ2n) is 4.22. The van der Waals surface area contributed by atoms with Crippen LogP contribution in [0.1, 0.15) is 30.0 Å². The number of methoxy groups -OCH3 is 1. The molecule has 1 heterocycles. The molecule has 96 valence electrons. The van der Waals surface area contributed by atoms with Crippen LogP contribution in [0.5, 0.6) is 5.75 Å². The highest BCUT2D eigenvalue weighted by Gasteiger charge is 2.19. The Labute approximate surface area is 107 Å². The zero-order chi connectivity index (χ0) is 13.1. The molecule has 0 aliphatic heterocycles. The standard InChI is InChI=1S/C14H18N2O2/c1-4-16-8-7-15-14(16)13(17)11-6-5-10(2)9-12(11)18-3/h5-9,13,17H,4H2,1-3H3. The minimum absolute atomic E-state index is 0.639. The minimum atomic E-state index is -0.768. The van der Waals surface area contributed by atoms with E-state index in [0.717, 1.165) is 17.7 Å². The van der Waals surface area contributed by atoms with Crippen molar-refractivity contribution in [1.29, 1.82) is 0 Å². The number of aromatic nitrogens is 2. The van der Waals surface area contributed by atoms with Crippen LogP contribution in [0.4, 0.5) is 0 Å². The molecule has 2 aromatic rings. The number of aliphatic hydroxyl groups is 1. The summed E-state index contributed by atoms with van der Waals surface area (Å²) in [5, 5.41) is 10.4. The quantitative estimate of drug-likeness (QED) is 0.900. The molecule has 0 aliphatic rings. The van der Waals surface area contributed by atoms with E-state index < -0.39 is 6.10 Å². The minimum Gasteiger partial charge on any atom is -0.496 e. The third kappa shape index (κ3) is 2.24. The van der Waals surface area contributed by atoms with Crippen molar-refractivity contribution >= 4 is 0 Å². The normalized spacial score (nSPS) is 12.4. The Hall–Kier alpha value is -1.81. The number of nitrogens with zero attached hydrogens (tertiary/aromatic N) is 2. The van der Waals surface area contributed by atoms with Crippen molar-refractivity contribution in [3.63, 3.8) is 0 Å². The highest BCUT2D eigenvalue weighted by Crippen LogP contribution is 2.29. The van der Waals surface area contributed by atoms with Crippen molar-refractivity contribution < 1.29 is 9.84 Å². The smallest absolute Gasteiger partial charge is 0.142 e. The molecule has 1 N–H and O–H groups in total. The molecule has 0 aliphatic carbocycles. The summed E-state index contributed by atoms with van der Waals surface area (Å²) in [5.74, 6) is 1.33. The summed E-state index contributed by atoms with van der Waals surface area (Å²) >= 11 is 0. The van der Waals surface area contributed by atoms with Crippen LogP contribution in [-0.2, 0) is 6.54 Å². The summed E-state index contributed by atoms with van der Waals surface area (Å²) in [5.41, 5.74) is 1.84. The van der Waals surface area contributed by atoms with E-state index in [0.29, 0.717) is 11.6 Å². The topological polar surface area (TPSA) is 47.3 Å². The molecule has 4 heteroatoms. The summed E-state index contributed by atoms with van der Waals surface area (Å²) in [6.45, 7) is 4.79. The lowest BCUT2D eigenvalue weighted by Gasteiger charge is -2.16. The summed E-state index contributed by atoms with van der Waals surface area (Å²) in [6, 6.07) is 5.76. The SMILES string of the molecule is CCn1ccnc1C(O)c1ccc(C)cc1OC. The van der Waals surface area contributed by atoms with Gasteiger partial charge in [-0.15, -0.1) is 0 Å². The number of rotatable bonds is 4. The highest BCUT2D eigenvalue weighted by molar-refractivity contribution is 5.40. The molecule has 18 heavy (non-hydrogen) atoms. The molecule has 1 atom stereocenters. The molecule has 0 radical (unpaired) electrons. The number of imidazole rings is 1. The largest absolute Gasteiger partial charge is 0.496 e. The predicted molar refractivity (Wildman–Crippen MR) is 69.7 cm³/mol. The lowest BCUT2D eigenvalue weighted by Crippen LogP contribution is -2.10. The van der Waals surface area contributed by atoms with Crippen LogP contribution >= 0.6 is 0 Å². The molecule has 1 aromatic carbocycles. The predicted octanol–water partition coefficient (Wildman–Crippen LogP) is 2.30. The molecule has 0 amide bonds. The number of ether oxygens (including phenoxy) is 1. The average Bonchev–Trinajstić information content (AvgIpc) is 2.86. The fourth-order valence-corrected chi connectivity index (χ4v) is 2.02. The van der Waals surface area contributed by atoms with E-state index >= 15 is 0 Å². The van der Waals surface area contributed by atoms with E-state index in [2.05, 4.69) is 4.98 Å².